The Morgan fingerprint density at radius 2 is 1.48 bits per heavy atom. The third-order valence-electron chi connectivity index (χ3n) is 3.22. The quantitative estimate of drug-likeness (QED) is 0.562. The van der Waals surface area contributed by atoms with Crippen molar-refractivity contribution in [2.24, 2.45) is 0 Å². The Kier molecular flexibility index (Phi) is 6.42. The van der Waals surface area contributed by atoms with Crippen LogP contribution in [0.5, 0.6) is 11.5 Å². The first-order valence-electron chi connectivity index (χ1n) is 7.44. The molecule has 2 aromatic rings. The fourth-order valence-electron chi connectivity index (χ4n) is 2.02. The highest BCUT2D eigenvalue weighted by molar-refractivity contribution is 5.96. The van der Waals surface area contributed by atoms with E-state index in [2.05, 4.69) is 9.47 Å². The minimum absolute atomic E-state index is 0.0475. The Hall–Kier alpha value is -3.49. The van der Waals surface area contributed by atoms with Crippen LogP contribution in [0.15, 0.2) is 36.4 Å². The van der Waals surface area contributed by atoms with Crippen molar-refractivity contribution >= 4 is 17.9 Å². The van der Waals surface area contributed by atoms with Crippen molar-refractivity contribution in [1.29, 1.82) is 0 Å². The van der Waals surface area contributed by atoms with Crippen molar-refractivity contribution in [2.45, 2.75) is 0 Å². The minimum atomic E-state index is -0.983. The van der Waals surface area contributed by atoms with Gasteiger partial charge in [0.2, 0.25) is 0 Å². The molecule has 2 rings (SSSR count). The van der Waals surface area contributed by atoms with Crippen LogP contribution in [0.2, 0.25) is 0 Å². The van der Waals surface area contributed by atoms with Crippen LogP contribution in [0.4, 0.5) is 8.78 Å². The second-order valence-electron chi connectivity index (χ2n) is 5.07. The second-order valence-corrected chi connectivity index (χ2v) is 5.07. The van der Waals surface area contributed by atoms with E-state index in [4.69, 9.17) is 9.47 Å². The largest absolute Gasteiger partial charge is 0.479 e. The van der Waals surface area contributed by atoms with Gasteiger partial charge in [0.15, 0.2) is 18.2 Å². The fourth-order valence-corrected chi connectivity index (χ4v) is 2.02. The predicted octanol–water partition coefficient (Wildman–Crippen LogP) is 2.52. The fraction of sp³-hybridized carbons (Fsp3) is 0.167. The summed E-state index contributed by atoms with van der Waals surface area (Å²) in [5, 5.41) is 0. The van der Waals surface area contributed by atoms with E-state index >= 15 is 0 Å². The lowest BCUT2D eigenvalue weighted by Crippen LogP contribution is -2.19. The number of esters is 3. The van der Waals surface area contributed by atoms with Gasteiger partial charge in [-0.1, -0.05) is 0 Å². The topological polar surface area (TPSA) is 88.1 Å². The van der Waals surface area contributed by atoms with E-state index < -0.39 is 36.1 Å². The van der Waals surface area contributed by atoms with E-state index in [1.165, 1.54) is 18.2 Å². The summed E-state index contributed by atoms with van der Waals surface area (Å²) in [6.45, 7) is -0.696. The predicted molar refractivity (Wildman–Crippen MR) is 86.6 cm³/mol. The Balaban J connectivity index is 2.13. The van der Waals surface area contributed by atoms with Crippen LogP contribution >= 0.6 is 0 Å². The van der Waals surface area contributed by atoms with Gasteiger partial charge in [-0.2, -0.15) is 0 Å². The molecule has 0 unspecified atom stereocenters. The maximum atomic E-state index is 13.5. The van der Waals surface area contributed by atoms with Gasteiger partial charge in [-0.15, -0.1) is 0 Å². The molecule has 0 N–H and O–H groups in total. The van der Waals surface area contributed by atoms with E-state index in [0.717, 1.165) is 26.4 Å². The Morgan fingerprint density at radius 1 is 0.889 bits per heavy atom. The molecule has 142 valence electrons. The molecule has 0 atom stereocenters. The molecule has 0 saturated heterocycles. The van der Waals surface area contributed by atoms with Crippen LogP contribution < -0.4 is 9.47 Å². The smallest absolute Gasteiger partial charge is 0.349 e. The first-order chi connectivity index (χ1) is 12.8. The Morgan fingerprint density at radius 3 is 2.00 bits per heavy atom. The first-order valence-corrected chi connectivity index (χ1v) is 7.44. The van der Waals surface area contributed by atoms with E-state index in [1.54, 1.807) is 0 Å². The van der Waals surface area contributed by atoms with Crippen LogP contribution in [-0.4, -0.2) is 38.7 Å². The Labute approximate surface area is 152 Å². The maximum Gasteiger partial charge on any atom is 0.349 e. The van der Waals surface area contributed by atoms with Gasteiger partial charge >= 0.3 is 17.9 Å². The van der Waals surface area contributed by atoms with Gasteiger partial charge < -0.3 is 18.9 Å². The summed E-state index contributed by atoms with van der Waals surface area (Å²) in [6, 6.07) is 6.14. The lowest BCUT2D eigenvalue weighted by molar-refractivity contribution is -0.136. The number of hydrogen-bond acceptors (Lipinski definition) is 7. The van der Waals surface area contributed by atoms with Gasteiger partial charge in [-0.25, -0.2) is 23.2 Å². The molecule has 9 heteroatoms. The number of rotatable bonds is 6. The summed E-state index contributed by atoms with van der Waals surface area (Å²) in [4.78, 5) is 35.2. The van der Waals surface area contributed by atoms with Gasteiger partial charge in [-0.05, 0) is 30.3 Å². The number of carbonyl (C=O) groups is 3. The summed E-state index contributed by atoms with van der Waals surface area (Å²) in [6.07, 6.45) is 0. The third kappa shape index (κ3) is 5.24. The minimum Gasteiger partial charge on any atom is -0.479 e. The molecular weight excluding hydrogens is 366 g/mol. The molecule has 0 aliphatic carbocycles. The van der Waals surface area contributed by atoms with Crippen molar-refractivity contribution in [1.82, 2.24) is 0 Å². The zero-order valence-electron chi connectivity index (χ0n) is 14.3. The van der Waals surface area contributed by atoms with Crippen LogP contribution in [-0.2, 0) is 14.3 Å². The molecule has 0 amide bonds. The standard InChI is InChI=1S/C18H14F2O7/c1-24-17(22)10-5-11(18(23)25-2)7-13(6-10)27-16(21)9-26-15-4-3-12(19)8-14(15)20/h3-8H,9H2,1-2H3. The molecule has 0 saturated carbocycles. The van der Waals surface area contributed by atoms with Gasteiger partial charge in [-0.3, -0.25) is 0 Å². The van der Waals surface area contributed by atoms with Crippen LogP contribution in [0, 0.1) is 11.6 Å². The van der Waals surface area contributed by atoms with Crippen LogP contribution in [0.1, 0.15) is 20.7 Å². The summed E-state index contributed by atoms with van der Waals surface area (Å²) < 4.78 is 45.4. The zero-order valence-corrected chi connectivity index (χ0v) is 14.3. The molecule has 27 heavy (non-hydrogen) atoms. The summed E-state index contributed by atoms with van der Waals surface area (Å²) in [5.41, 5.74) is -0.0950. The van der Waals surface area contributed by atoms with E-state index in [9.17, 15) is 23.2 Å². The van der Waals surface area contributed by atoms with E-state index in [1.807, 2.05) is 0 Å². The summed E-state index contributed by atoms with van der Waals surface area (Å²) in [7, 11) is 2.29. The summed E-state index contributed by atoms with van der Waals surface area (Å²) >= 11 is 0. The number of methoxy groups -OCH3 is 2. The highest BCUT2D eigenvalue weighted by Crippen LogP contribution is 2.20. The highest BCUT2D eigenvalue weighted by Gasteiger charge is 2.17. The van der Waals surface area contributed by atoms with Gasteiger partial charge in [0, 0.05) is 6.07 Å². The van der Waals surface area contributed by atoms with Crippen molar-refractivity contribution in [3.8, 4) is 11.5 Å². The molecule has 0 heterocycles. The number of benzene rings is 2. The lowest BCUT2D eigenvalue weighted by Gasteiger charge is -2.10. The number of hydrogen-bond donors (Lipinski definition) is 0. The SMILES string of the molecule is COC(=O)c1cc(OC(=O)COc2ccc(F)cc2F)cc(C(=O)OC)c1. The molecule has 2 aromatic carbocycles. The van der Waals surface area contributed by atoms with Crippen LogP contribution in [0.3, 0.4) is 0 Å². The zero-order chi connectivity index (χ0) is 20.0. The van der Waals surface area contributed by atoms with Gasteiger partial charge in [0.25, 0.3) is 0 Å². The van der Waals surface area contributed by atoms with Crippen molar-refractivity contribution in [2.75, 3.05) is 20.8 Å². The van der Waals surface area contributed by atoms with Crippen molar-refractivity contribution in [3.05, 3.63) is 59.2 Å². The average Bonchev–Trinajstić information content (AvgIpc) is 2.65. The number of halogens is 2. The number of ether oxygens (including phenoxy) is 4. The second kappa shape index (κ2) is 8.75. The Bertz CT molecular complexity index is 846. The van der Waals surface area contributed by atoms with E-state index in [0.29, 0.717) is 6.07 Å². The molecular formula is C18H14F2O7. The molecule has 0 aliphatic heterocycles. The van der Waals surface area contributed by atoms with Crippen molar-refractivity contribution < 1.29 is 42.1 Å². The van der Waals surface area contributed by atoms with Gasteiger partial charge in [0.05, 0.1) is 25.3 Å². The van der Waals surface area contributed by atoms with Gasteiger partial charge in [0.1, 0.15) is 11.6 Å². The molecule has 7 nitrogen and oxygen atoms in total. The molecule has 0 aliphatic rings. The number of carbonyl (C=O) groups excluding carboxylic acids is 3. The van der Waals surface area contributed by atoms with Crippen LogP contribution in [0.25, 0.3) is 0 Å². The lowest BCUT2D eigenvalue weighted by atomic mass is 10.1. The van der Waals surface area contributed by atoms with Crippen molar-refractivity contribution in [3.63, 3.8) is 0 Å². The molecule has 0 fully saturated rings. The van der Waals surface area contributed by atoms with E-state index in [-0.39, 0.29) is 22.6 Å². The molecule has 0 radical (unpaired) electrons. The monoisotopic (exact) mass is 380 g/mol. The summed E-state index contributed by atoms with van der Waals surface area (Å²) in [5.74, 6) is -4.74. The molecule has 0 aromatic heterocycles. The third-order valence-corrected chi connectivity index (χ3v) is 3.22. The normalized spacial score (nSPS) is 10.1. The molecule has 0 bridgehead atoms. The molecule has 0 spiro atoms. The first kappa shape index (κ1) is 19.8. The maximum absolute atomic E-state index is 13.5. The average molecular weight is 380 g/mol. The highest BCUT2D eigenvalue weighted by atomic mass is 19.1.